The van der Waals surface area contributed by atoms with Gasteiger partial charge in [-0.15, -0.1) is 12.4 Å². The zero-order valence-corrected chi connectivity index (χ0v) is 13.6. The van der Waals surface area contributed by atoms with E-state index in [-0.39, 0.29) is 18.2 Å². The third-order valence-corrected chi connectivity index (χ3v) is 3.69. The van der Waals surface area contributed by atoms with Gasteiger partial charge in [-0.05, 0) is 17.0 Å². The lowest BCUT2D eigenvalue weighted by Gasteiger charge is -2.17. The number of rotatable bonds is 7. The van der Waals surface area contributed by atoms with E-state index >= 15 is 0 Å². The van der Waals surface area contributed by atoms with Crippen molar-refractivity contribution in [3.63, 3.8) is 0 Å². The first kappa shape index (κ1) is 17.6. The molecule has 23 heavy (non-hydrogen) atoms. The summed E-state index contributed by atoms with van der Waals surface area (Å²) in [6.45, 7) is 2.28. The minimum Gasteiger partial charge on any atom is -0.378 e. The SMILES string of the molecule is Cl.NCCOCCOCC1=Cc2cccc3cccc(c23)C1=O. The van der Waals surface area contributed by atoms with E-state index in [9.17, 15) is 4.79 Å². The Kier molecular flexibility index (Phi) is 6.30. The first-order valence-electron chi connectivity index (χ1n) is 7.44. The molecule has 0 saturated heterocycles. The van der Waals surface area contributed by atoms with E-state index < -0.39 is 0 Å². The molecular weight excluding hydrogens is 314 g/mol. The molecule has 0 radical (unpaired) electrons. The Labute approximate surface area is 141 Å². The Hall–Kier alpha value is -1.72. The van der Waals surface area contributed by atoms with Crippen molar-refractivity contribution in [1.82, 2.24) is 0 Å². The van der Waals surface area contributed by atoms with Crippen LogP contribution in [-0.4, -0.2) is 38.8 Å². The fraction of sp³-hybridized carbons (Fsp3) is 0.278. The van der Waals surface area contributed by atoms with Crippen LogP contribution in [0.2, 0.25) is 0 Å². The van der Waals surface area contributed by atoms with Crippen molar-refractivity contribution in [1.29, 1.82) is 0 Å². The summed E-state index contributed by atoms with van der Waals surface area (Å²) in [4.78, 5) is 12.6. The Balaban J connectivity index is 0.00000192. The van der Waals surface area contributed by atoms with E-state index in [0.717, 1.165) is 21.9 Å². The van der Waals surface area contributed by atoms with E-state index in [4.69, 9.17) is 15.2 Å². The summed E-state index contributed by atoms with van der Waals surface area (Å²) in [7, 11) is 0. The monoisotopic (exact) mass is 333 g/mol. The number of hydrogen-bond donors (Lipinski definition) is 1. The summed E-state index contributed by atoms with van der Waals surface area (Å²) in [5, 5.41) is 2.12. The van der Waals surface area contributed by atoms with E-state index in [1.165, 1.54) is 0 Å². The first-order chi connectivity index (χ1) is 10.8. The molecule has 122 valence electrons. The van der Waals surface area contributed by atoms with Crippen LogP contribution in [0.4, 0.5) is 0 Å². The largest absolute Gasteiger partial charge is 0.378 e. The second kappa shape index (κ2) is 8.22. The molecule has 1 aliphatic carbocycles. The number of ketones is 1. The minimum atomic E-state index is 0. The number of carbonyl (C=O) groups is 1. The van der Waals surface area contributed by atoms with Gasteiger partial charge in [-0.2, -0.15) is 0 Å². The lowest BCUT2D eigenvalue weighted by atomic mass is 9.88. The van der Waals surface area contributed by atoms with E-state index in [1.807, 2.05) is 42.5 Å². The Morgan fingerprint density at radius 2 is 1.70 bits per heavy atom. The molecule has 0 aliphatic heterocycles. The van der Waals surface area contributed by atoms with Gasteiger partial charge in [0.25, 0.3) is 0 Å². The maximum Gasteiger partial charge on any atom is 0.192 e. The van der Waals surface area contributed by atoms with Gasteiger partial charge < -0.3 is 15.2 Å². The van der Waals surface area contributed by atoms with E-state index in [1.54, 1.807) is 0 Å². The summed E-state index contributed by atoms with van der Waals surface area (Å²) in [5.74, 6) is 0.0483. The van der Waals surface area contributed by atoms with Crippen molar-refractivity contribution >= 4 is 35.0 Å². The highest BCUT2D eigenvalue weighted by Crippen LogP contribution is 2.31. The van der Waals surface area contributed by atoms with Gasteiger partial charge in [0.2, 0.25) is 0 Å². The van der Waals surface area contributed by atoms with Crippen molar-refractivity contribution in [3.05, 3.63) is 53.1 Å². The Morgan fingerprint density at radius 1 is 0.957 bits per heavy atom. The molecule has 3 rings (SSSR count). The number of hydrogen-bond acceptors (Lipinski definition) is 4. The van der Waals surface area contributed by atoms with Crippen LogP contribution in [0.25, 0.3) is 16.8 Å². The predicted molar refractivity (Wildman–Crippen MR) is 94.2 cm³/mol. The quantitative estimate of drug-likeness (QED) is 0.791. The maximum absolute atomic E-state index is 12.6. The normalized spacial score (nSPS) is 12.9. The van der Waals surface area contributed by atoms with Crippen LogP contribution in [0.3, 0.4) is 0 Å². The average Bonchev–Trinajstić information content (AvgIpc) is 2.55. The molecule has 0 spiro atoms. The highest BCUT2D eigenvalue weighted by atomic mass is 35.5. The number of nitrogens with two attached hydrogens (primary N) is 1. The number of Topliss-reactive ketones (excluding diaryl/α,β-unsaturated/α-hetero) is 1. The zero-order chi connectivity index (χ0) is 15.4. The lowest BCUT2D eigenvalue weighted by molar-refractivity contribution is 0.0582. The summed E-state index contributed by atoms with van der Waals surface area (Å²) in [6, 6.07) is 11.9. The molecule has 0 amide bonds. The molecule has 2 aromatic carbocycles. The van der Waals surface area contributed by atoms with E-state index in [2.05, 4.69) is 0 Å². The first-order valence-corrected chi connectivity index (χ1v) is 7.44. The molecule has 0 fully saturated rings. The summed E-state index contributed by atoms with van der Waals surface area (Å²) in [5.41, 5.74) is 7.86. The van der Waals surface area contributed by atoms with Gasteiger partial charge in [0.05, 0.1) is 26.4 Å². The molecule has 0 bridgehead atoms. The van der Waals surface area contributed by atoms with Gasteiger partial charge in [0.15, 0.2) is 5.78 Å². The fourth-order valence-electron chi connectivity index (χ4n) is 2.70. The van der Waals surface area contributed by atoms with Crippen molar-refractivity contribution in [3.8, 4) is 0 Å². The number of benzene rings is 2. The van der Waals surface area contributed by atoms with Gasteiger partial charge in [0, 0.05) is 23.1 Å². The van der Waals surface area contributed by atoms with Crippen LogP contribution >= 0.6 is 12.4 Å². The standard InChI is InChI=1S/C18H19NO3.ClH/c19-7-8-21-9-10-22-12-15-11-14-5-1-3-13-4-2-6-16(17(13)14)18(15)20;/h1-6,11H,7-10,12,19H2;1H. The maximum atomic E-state index is 12.6. The lowest BCUT2D eigenvalue weighted by Crippen LogP contribution is -2.16. The number of carbonyl (C=O) groups excluding carboxylic acids is 1. The zero-order valence-electron chi connectivity index (χ0n) is 12.8. The smallest absolute Gasteiger partial charge is 0.192 e. The number of ether oxygens (including phenoxy) is 2. The van der Waals surface area contributed by atoms with Crippen LogP contribution in [0.5, 0.6) is 0 Å². The van der Waals surface area contributed by atoms with Crippen molar-refractivity contribution in [2.24, 2.45) is 5.73 Å². The Bertz CT molecular complexity index is 722. The summed E-state index contributed by atoms with van der Waals surface area (Å²) >= 11 is 0. The fourth-order valence-corrected chi connectivity index (χ4v) is 2.70. The Morgan fingerprint density at radius 3 is 2.48 bits per heavy atom. The molecule has 2 aromatic rings. The molecule has 0 saturated carbocycles. The highest BCUT2D eigenvalue weighted by Gasteiger charge is 2.21. The van der Waals surface area contributed by atoms with E-state index in [0.29, 0.717) is 38.5 Å². The molecule has 4 nitrogen and oxygen atoms in total. The molecule has 0 atom stereocenters. The molecule has 1 aliphatic rings. The molecule has 5 heteroatoms. The van der Waals surface area contributed by atoms with Crippen LogP contribution < -0.4 is 5.73 Å². The van der Waals surface area contributed by atoms with Gasteiger partial charge in [-0.25, -0.2) is 0 Å². The molecule has 2 N–H and O–H groups in total. The predicted octanol–water partition coefficient (Wildman–Crippen LogP) is 2.83. The van der Waals surface area contributed by atoms with Crippen molar-refractivity contribution < 1.29 is 14.3 Å². The second-order valence-corrected chi connectivity index (χ2v) is 5.20. The van der Waals surface area contributed by atoms with Gasteiger partial charge in [0.1, 0.15) is 0 Å². The highest BCUT2D eigenvalue weighted by molar-refractivity contribution is 6.22. The van der Waals surface area contributed by atoms with Crippen molar-refractivity contribution in [2.75, 3.05) is 33.0 Å². The summed E-state index contributed by atoms with van der Waals surface area (Å²) in [6.07, 6.45) is 1.93. The molecule has 0 unspecified atom stereocenters. The van der Waals surface area contributed by atoms with Gasteiger partial charge in [-0.3, -0.25) is 4.79 Å². The van der Waals surface area contributed by atoms with Gasteiger partial charge >= 0.3 is 0 Å². The van der Waals surface area contributed by atoms with Crippen molar-refractivity contribution in [2.45, 2.75) is 0 Å². The molecule has 0 aromatic heterocycles. The summed E-state index contributed by atoms with van der Waals surface area (Å²) < 4.78 is 10.8. The number of halogens is 1. The third kappa shape index (κ3) is 3.79. The average molecular weight is 334 g/mol. The van der Waals surface area contributed by atoms with Gasteiger partial charge in [-0.1, -0.05) is 36.4 Å². The topological polar surface area (TPSA) is 61.6 Å². The second-order valence-electron chi connectivity index (χ2n) is 5.20. The van der Waals surface area contributed by atoms with Crippen LogP contribution in [0.1, 0.15) is 15.9 Å². The molecular formula is C18H20ClNO3. The molecule has 0 heterocycles. The minimum absolute atomic E-state index is 0. The van der Waals surface area contributed by atoms with Crippen LogP contribution in [0, 0.1) is 0 Å². The van der Waals surface area contributed by atoms with Crippen LogP contribution in [0.15, 0.2) is 42.0 Å². The van der Waals surface area contributed by atoms with Crippen LogP contribution in [-0.2, 0) is 9.47 Å². The third-order valence-electron chi connectivity index (χ3n) is 3.69.